The van der Waals surface area contributed by atoms with Crippen molar-refractivity contribution in [1.82, 2.24) is 4.90 Å². The van der Waals surface area contributed by atoms with Crippen LogP contribution in [0.4, 0.5) is 0 Å². The van der Waals surface area contributed by atoms with Gasteiger partial charge in [-0.1, -0.05) is 34.1 Å². The number of primary amides is 1. The van der Waals surface area contributed by atoms with Crippen molar-refractivity contribution in [3.05, 3.63) is 34.3 Å². The Bertz CT molecular complexity index is 480. The topological polar surface area (TPSA) is 72.4 Å². The first-order valence-electron chi connectivity index (χ1n) is 7.04. The van der Waals surface area contributed by atoms with Gasteiger partial charge < -0.3 is 11.5 Å². The van der Waals surface area contributed by atoms with Crippen LogP contribution in [-0.2, 0) is 4.79 Å². The SMILES string of the molecule is CC1CCC(C(N)=O)CN1C(CN)c1ccccc1Br. The molecule has 1 heterocycles. The predicted octanol–water partition coefficient (Wildman–Crippen LogP) is 2.03. The molecular weight excluding hydrogens is 318 g/mol. The first-order valence-corrected chi connectivity index (χ1v) is 7.83. The molecule has 0 radical (unpaired) electrons. The number of carbonyl (C=O) groups is 1. The summed E-state index contributed by atoms with van der Waals surface area (Å²) in [7, 11) is 0. The third-order valence-electron chi connectivity index (χ3n) is 4.22. The molecule has 0 bridgehead atoms. The molecule has 1 aliphatic heterocycles. The van der Waals surface area contributed by atoms with E-state index in [1.165, 1.54) is 5.56 Å². The van der Waals surface area contributed by atoms with Crippen molar-refractivity contribution in [3.8, 4) is 0 Å². The predicted molar refractivity (Wildman–Crippen MR) is 84.0 cm³/mol. The number of carbonyl (C=O) groups excluding carboxylic acids is 1. The average molecular weight is 340 g/mol. The van der Waals surface area contributed by atoms with E-state index in [-0.39, 0.29) is 17.9 Å². The fourth-order valence-electron chi connectivity index (χ4n) is 2.99. The van der Waals surface area contributed by atoms with Gasteiger partial charge in [0.15, 0.2) is 0 Å². The van der Waals surface area contributed by atoms with Crippen LogP contribution in [0.25, 0.3) is 0 Å². The fourth-order valence-corrected chi connectivity index (χ4v) is 3.54. The van der Waals surface area contributed by atoms with Crippen LogP contribution in [0.1, 0.15) is 31.4 Å². The zero-order valence-electron chi connectivity index (χ0n) is 11.8. The Kier molecular flexibility index (Phi) is 5.18. The number of likely N-dealkylation sites (tertiary alicyclic amines) is 1. The number of nitrogens with zero attached hydrogens (tertiary/aromatic N) is 1. The number of amides is 1. The fraction of sp³-hybridized carbons (Fsp3) is 0.533. The summed E-state index contributed by atoms with van der Waals surface area (Å²) in [5.41, 5.74) is 12.7. The Balaban J connectivity index is 2.25. The van der Waals surface area contributed by atoms with Crippen LogP contribution in [0.15, 0.2) is 28.7 Å². The summed E-state index contributed by atoms with van der Waals surface area (Å²) in [6.07, 6.45) is 1.86. The van der Waals surface area contributed by atoms with E-state index in [4.69, 9.17) is 11.5 Å². The molecule has 0 aromatic heterocycles. The molecule has 0 saturated carbocycles. The molecule has 5 heteroatoms. The molecule has 2 rings (SSSR count). The Hall–Kier alpha value is -0.910. The van der Waals surface area contributed by atoms with E-state index >= 15 is 0 Å². The van der Waals surface area contributed by atoms with Gasteiger partial charge in [-0.25, -0.2) is 0 Å². The van der Waals surface area contributed by atoms with Gasteiger partial charge >= 0.3 is 0 Å². The third-order valence-corrected chi connectivity index (χ3v) is 4.94. The lowest BCUT2D eigenvalue weighted by atomic mass is 9.90. The van der Waals surface area contributed by atoms with E-state index in [0.29, 0.717) is 19.1 Å². The van der Waals surface area contributed by atoms with Crippen molar-refractivity contribution in [2.75, 3.05) is 13.1 Å². The van der Waals surface area contributed by atoms with Gasteiger partial charge in [0.25, 0.3) is 0 Å². The van der Waals surface area contributed by atoms with E-state index in [1.54, 1.807) is 0 Å². The quantitative estimate of drug-likeness (QED) is 0.881. The summed E-state index contributed by atoms with van der Waals surface area (Å²) in [5.74, 6) is -0.271. The summed E-state index contributed by atoms with van der Waals surface area (Å²) in [6, 6.07) is 8.64. The average Bonchev–Trinajstić information content (AvgIpc) is 2.43. The highest BCUT2D eigenvalue weighted by Crippen LogP contribution is 2.33. The molecule has 4 nitrogen and oxygen atoms in total. The zero-order valence-corrected chi connectivity index (χ0v) is 13.3. The molecule has 4 N–H and O–H groups in total. The normalized spacial score (nSPS) is 25.4. The van der Waals surface area contributed by atoms with E-state index < -0.39 is 0 Å². The maximum absolute atomic E-state index is 11.5. The van der Waals surface area contributed by atoms with Crippen LogP contribution in [0, 0.1) is 5.92 Å². The number of hydrogen-bond acceptors (Lipinski definition) is 3. The monoisotopic (exact) mass is 339 g/mol. The summed E-state index contributed by atoms with van der Waals surface area (Å²) in [4.78, 5) is 13.8. The summed E-state index contributed by atoms with van der Waals surface area (Å²) >= 11 is 3.59. The maximum atomic E-state index is 11.5. The molecule has 1 amide bonds. The molecule has 1 fully saturated rings. The van der Waals surface area contributed by atoms with Gasteiger partial charge in [0.2, 0.25) is 5.91 Å². The molecule has 110 valence electrons. The highest BCUT2D eigenvalue weighted by atomic mass is 79.9. The number of hydrogen-bond donors (Lipinski definition) is 2. The van der Waals surface area contributed by atoms with Gasteiger partial charge in [0.1, 0.15) is 0 Å². The zero-order chi connectivity index (χ0) is 14.7. The highest BCUT2D eigenvalue weighted by molar-refractivity contribution is 9.10. The Morgan fingerprint density at radius 2 is 2.15 bits per heavy atom. The Morgan fingerprint density at radius 1 is 1.45 bits per heavy atom. The van der Waals surface area contributed by atoms with E-state index in [2.05, 4.69) is 33.8 Å². The second-order valence-electron chi connectivity index (χ2n) is 5.50. The van der Waals surface area contributed by atoms with Crippen LogP contribution in [-0.4, -0.2) is 29.9 Å². The molecule has 1 saturated heterocycles. The van der Waals surface area contributed by atoms with Gasteiger partial charge in [0.05, 0.1) is 5.92 Å². The molecule has 1 aliphatic rings. The molecule has 3 unspecified atom stereocenters. The van der Waals surface area contributed by atoms with Crippen molar-refractivity contribution >= 4 is 21.8 Å². The molecule has 0 aliphatic carbocycles. The number of nitrogens with two attached hydrogens (primary N) is 2. The van der Waals surface area contributed by atoms with Crippen molar-refractivity contribution < 1.29 is 4.79 Å². The van der Waals surface area contributed by atoms with Crippen molar-refractivity contribution in [3.63, 3.8) is 0 Å². The Morgan fingerprint density at radius 3 is 2.75 bits per heavy atom. The lowest BCUT2D eigenvalue weighted by Crippen LogP contribution is -2.49. The van der Waals surface area contributed by atoms with E-state index in [9.17, 15) is 4.79 Å². The minimum atomic E-state index is -0.204. The minimum absolute atomic E-state index is 0.0669. The minimum Gasteiger partial charge on any atom is -0.369 e. The van der Waals surface area contributed by atoms with Gasteiger partial charge in [-0.3, -0.25) is 9.69 Å². The molecule has 1 aromatic rings. The van der Waals surface area contributed by atoms with Gasteiger partial charge in [-0.15, -0.1) is 0 Å². The highest BCUT2D eigenvalue weighted by Gasteiger charge is 2.33. The lowest BCUT2D eigenvalue weighted by molar-refractivity contribution is -0.124. The molecule has 0 spiro atoms. The smallest absolute Gasteiger partial charge is 0.221 e. The largest absolute Gasteiger partial charge is 0.369 e. The van der Waals surface area contributed by atoms with Gasteiger partial charge in [-0.2, -0.15) is 0 Å². The number of halogens is 1. The van der Waals surface area contributed by atoms with Crippen molar-refractivity contribution in [2.45, 2.75) is 31.8 Å². The number of piperidine rings is 1. The standard InChI is InChI=1S/C15H22BrN3O/c1-10-6-7-11(15(18)20)9-19(10)14(8-17)12-4-2-3-5-13(12)16/h2-5,10-11,14H,6-9,17H2,1H3,(H2,18,20). The van der Waals surface area contributed by atoms with Gasteiger partial charge in [-0.05, 0) is 31.4 Å². The van der Waals surface area contributed by atoms with E-state index in [1.807, 2.05) is 18.2 Å². The van der Waals surface area contributed by atoms with Crippen molar-refractivity contribution in [2.24, 2.45) is 17.4 Å². The second-order valence-corrected chi connectivity index (χ2v) is 6.35. The van der Waals surface area contributed by atoms with Crippen LogP contribution in [0.2, 0.25) is 0 Å². The second kappa shape index (κ2) is 6.70. The molecule has 20 heavy (non-hydrogen) atoms. The summed E-state index contributed by atoms with van der Waals surface area (Å²) in [6.45, 7) is 3.41. The van der Waals surface area contributed by atoms with Crippen LogP contribution < -0.4 is 11.5 Å². The number of benzene rings is 1. The van der Waals surface area contributed by atoms with Crippen LogP contribution >= 0.6 is 15.9 Å². The van der Waals surface area contributed by atoms with Crippen molar-refractivity contribution in [1.29, 1.82) is 0 Å². The lowest BCUT2D eigenvalue weighted by Gasteiger charge is -2.42. The molecule has 3 atom stereocenters. The van der Waals surface area contributed by atoms with Crippen LogP contribution in [0.3, 0.4) is 0 Å². The van der Waals surface area contributed by atoms with Gasteiger partial charge in [0, 0.05) is 29.6 Å². The van der Waals surface area contributed by atoms with E-state index in [0.717, 1.165) is 17.3 Å². The molecule has 1 aromatic carbocycles. The Labute approximate surface area is 128 Å². The first kappa shape index (κ1) is 15.5. The van der Waals surface area contributed by atoms with Crippen LogP contribution in [0.5, 0.6) is 0 Å². The number of rotatable bonds is 4. The molecular formula is C15H22BrN3O. The third kappa shape index (κ3) is 3.22. The maximum Gasteiger partial charge on any atom is 0.221 e. The summed E-state index contributed by atoms with van der Waals surface area (Å²) < 4.78 is 1.06. The first-order chi connectivity index (χ1) is 9.54. The summed E-state index contributed by atoms with van der Waals surface area (Å²) in [5, 5.41) is 0.